The molecule has 0 aromatic carbocycles. The van der Waals surface area contributed by atoms with Crippen molar-refractivity contribution in [2.45, 2.75) is 26.4 Å². The summed E-state index contributed by atoms with van der Waals surface area (Å²) in [6.07, 6.45) is 5.63. The molecule has 0 aliphatic carbocycles. The summed E-state index contributed by atoms with van der Waals surface area (Å²) in [4.78, 5) is 26.0. The standard InChI is InChI=1S/C18H20N4O3/c1-3-16(22-25-14-10-24-11-14)13-4-5-17(20-8-13)21-18(23)15-9-19-7-6-12(15)2/h4-9,14H,3,10-11H2,1-2H3,(H,20,21,23)/b22-16+. The number of oxime groups is 1. The Bertz CT molecular complexity index is 770. The molecule has 1 N–H and O–H groups in total. The number of anilines is 1. The van der Waals surface area contributed by atoms with E-state index in [9.17, 15) is 4.79 Å². The lowest BCUT2D eigenvalue weighted by Gasteiger charge is -2.23. The van der Waals surface area contributed by atoms with Crippen LogP contribution in [0.25, 0.3) is 0 Å². The predicted octanol–water partition coefficient (Wildman–Crippen LogP) is 2.57. The number of nitrogens with one attached hydrogen (secondary N) is 1. The van der Waals surface area contributed by atoms with Crippen molar-refractivity contribution in [2.75, 3.05) is 18.5 Å². The van der Waals surface area contributed by atoms with Crippen LogP contribution in [-0.4, -0.2) is 40.9 Å². The van der Waals surface area contributed by atoms with Gasteiger partial charge in [-0.2, -0.15) is 0 Å². The Morgan fingerprint density at radius 3 is 2.80 bits per heavy atom. The van der Waals surface area contributed by atoms with Gasteiger partial charge in [0.1, 0.15) is 5.82 Å². The Balaban J connectivity index is 1.67. The number of hydrogen-bond donors (Lipinski definition) is 1. The van der Waals surface area contributed by atoms with E-state index in [1.54, 1.807) is 30.7 Å². The molecule has 1 aliphatic heterocycles. The number of aromatic nitrogens is 2. The van der Waals surface area contributed by atoms with E-state index in [4.69, 9.17) is 9.57 Å². The lowest BCUT2D eigenvalue weighted by molar-refractivity contribution is -0.129. The number of amides is 1. The molecule has 1 aliphatic rings. The maximum Gasteiger partial charge on any atom is 0.258 e. The van der Waals surface area contributed by atoms with Gasteiger partial charge in [-0.1, -0.05) is 12.1 Å². The first kappa shape index (κ1) is 17.0. The van der Waals surface area contributed by atoms with Gasteiger partial charge in [-0.15, -0.1) is 0 Å². The van der Waals surface area contributed by atoms with Crippen LogP contribution in [-0.2, 0) is 9.57 Å². The van der Waals surface area contributed by atoms with E-state index in [-0.39, 0.29) is 12.0 Å². The Kier molecular flexibility index (Phi) is 5.35. The third-order valence-corrected chi connectivity index (χ3v) is 3.88. The molecule has 0 unspecified atom stereocenters. The third-order valence-electron chi connectivity index (χ3n) is 3.88. The normalized spacial score (nSPS) is 14.7. The highest BCUT2D eigenvalue weighted by Crippen LogP contribution is 2.13. The molecule has 7 nitrogen and oxygen atoms in total. The highest BCUT2D eigenvalue weighted by Gasteiger charge is 2.20. The van der Waals surface area contributed by atoms with Crippen molar-refractivity contribution in [2.24, 2.45) is 5.16 Å². The average Bonchev–Trinajstić information content (AvgIpc) is 2.58. The number of nitrogens with zero attached hydrogens (tertiary/aromatic N) is 3. The van der Waals surface area contributed by atoms with Crippen molar-refractivity contribution < 1.29 is 14.4 Å². The van der Waals surface area contributed by atoms with Crippen molar-refractivity contribution in [3.63, 3.8) is 0 Å². The van der Waals surface area contributed by atoms with Gasteiger partial charge in [0.05, 0.1) is 24.5 Å². The summed E-state index contributed by atoms with van der Waals surface area (Å²) in [6.45, 7) is 5.03. The number of ether oxygens (including phenoxy) is 1. The Hall–Kier alpha value is -2.80. The van der Waals surface area contributed by atoms with E-state index in [1.165, 1.54) is 0 Å². The lowest BCUT2D eigenvalue weighted by atomic mass is 10.1. The zero-order valence-corrected chi connectivity index (χ0v) is 14.2. The fourth-order valence-electron chi connectivity index (χ4n) is 2.26. The summed E-state index contributed by atoms with van der Waals surface area (Å²) in [7, 11) is 0. The third kappa shape index (κ3) is 4.19. The summed E-state index contributed by atoms with van der Waals surface area (Å²) < 4.78 is 5.05. The van der Waals surface area contributed by atoms with Crippen LogP contribution in [0.3, 0.4) is 0 Å². The molecule has 1 amide bonds. The lowest BCUT2D eigenvalue weighted by Crippen LogP contribution is -2.34. The first-order valence-corrected chi connectivity index (χ1v) is 8.16. The SMILES string of the molecule is CC/C(=N\OC1COC1)c1ccc(NC(=O)c2cnccc2C)nc1. The number of rotatable bonds is 6. The van der Waals surface area contributed by atoms with E-state index >= 15 is 0 Å². The second-order valence-electron chi connectivity index (χ2n) is 5.73. The van der Waals surface area contributed by atoms with E-state index in [1.807, 2.05) is 19.9 Å². The fourth-order valence-corrected chi connectivity index (χ4v) is 2.26. The second-order valence-corrected chi connectivity index (χ2v) is 5.73. The Labute approximate surface area is 146 Å². The molecular formula is C18H20N4O3. The van der Waals surface area contributed by atoms with Gasteiger partial charge < -0.3 is 14.9 Å². The Morgan fingerprint density at radius 2 is 2.20 bits per heavy atom. The zero-order chi connectivity index (χ0) is 17.6. The van der Waals surface area contributed by atoms with E-state index in [2.05, 4.69) is 20.4 Å². The molecule has 2 aromatic heterocycles. The molecule has 0 atom stereocenters. The van der Waals surface area contributed by atoms with Crippen molar-refractivity contribution in [3.8, 4) is 0 Å². The van der Waals surface area contributed by atoms with Gasteiger partial charge in [-0.25, -0.2) is 4.98 Å². The first-order valence-electron chi connectivity index (χ1n) is 8.16. The molecule has 3 heterocycles. The molecular weight excluding hydrogens is 320 g/mol. The first-order chi connectivity index (χ1) is 12.2. The minimum absolute atomic E-state index is 0.0378. The average molecular weight is 340 g/mol. The highest BCUT2D eigenvalue weighted by atomic mass is 16.7. The number of hydrogen-bond acceptors (Lipinski definition) is 6. The maximum absolute atomic E-state index is 12.3. The van der Waals surface area contributed by atoms with Crippen LogP contribution in [0.15, 0.2) is 41.9 Å². The maximum atomic E-state index is 12.3. The summed E-state index contributed by atoms with van der Waals surface area (Å²) in [5.41, 5.74) is 3.06. The minimum atomic E-state index is -0.233. The van der Waals surface area contributed by atoms with Gasteiger partial charge in [0.15, 0.2) is 6.10 Å². The molecule has 2 aromatic rings. The van der Waals surface area contributed by atoms with Crippen LogP contribution in [0.4, 0.5) is 5.82 Å². The summed E-state index contributed by atoms with van der Waals surface area (Å²) in [6, 6.07) is 5.40. The Morgan fingerprint density at radius 1 is 1.36 bits per heavy atom. The number of aryl methyl sites for hydroxylation is 1. The van der Waals surface area contributed by atoms with Crippen LogP contribution in [0.5, 0.6) is 0 Å². The van der Waals surface area contributed by atoms with Gasteiger partial charge in [-0.05, 0) is 37.1 Å². The van der Waals surface area contributed by atoms with Gasteiger partial charge in [0, 0.05) is 24.2 Å². The molecule has 0 spiro atoms. The molecule has 1 fully saturated rings. The topological polar surface area (TPSA) is 85.7 Å². The van der Waals surface area contributed by atoms with Crippen LogP contribution >= 0.6 is 0 Å². The summed E-state index contributed by atoms with van der Waals surface area (Å²) in [5.74, 6) is 0.240. The smallest absolute Gasteiger partial charge is 0.258 e. The number of carbonyl (C=O) groups is 1. The summed E-state index contributed by atoms with van der Waals surface area (Å²) >= 11 is 0. The van der Waals surface area contributed by atoms with Crippen molar-refractivity contribution >= 4 is 17.4 Å². The largest absolute Gasteiger partial charge is 0.387 e. The molecule has 7 heteroatoms. The van der Waals surface area contributed by atoms with E-state index in [0.717, 1.165) is 23.3 Å². The zero-order valence-electron chi connectivity index (χ0n) is 14.2. The quantitative estimate of drug-likeness (QED) is 0.645. The van der Waals surface area contributed by atoms with Gasteiger partial charge in [0.25, 0.3) is 5.91 Å². The van der Waals surface area contributed by atoms with Crippen LogP contribution in [0.1, 0.15) is 34.8 Å². The highest BCUT2D eigenvalue weighted by molar-refractivity contribution is 6.05. The molecule has 130 valence electrons. The monoisotopic (exact) mass is 340 g/mol. The molecule has 0 bridgehead atoms. The van der Waals surface area contributed by atoms with Crippen LogP contribution in [0, 0.1) is 6.92 Å². The minimum Gasteiger partial charge on any atom is -0.387 e. The van der Waals surface area contributed by atoms with Crippen LogP contribution < -0.4 is 5.32 Å². The van der Waals surface area contributed by atoms with Gasteiger partial charge >= 0.3 is 0 Å². The molecule has 25 heavy (non-hydrogen) atoms. The molecule has 0 radical (unpaired) electrons. The van der Waals surface area contributed by atoms with Gasteiger partial charge in [0.2, 0.25) is 0 Å². The second kappa shape index (κ2) is 7.85. The molecule has 1 saturated heterocycles. The van der Waals surface area contributed by atoms with Gasteiger partial charge in [-0.3, -0.25) is 9.78 Å². The summed E-state index contributed by atoms with van der Waals surface area (Å²) in [5, 5.41) is 6.96. The fraction of sp³-hybridized carbons (Fsp3) is 0.333. The van der Waals surface area contributed by atoms with Crippen molar-refractivity contribution in [3.05, 3.63) is 53.5 Å². The molecule has 0 saturated carbocycles. The van der Waals surface area contributed by atoms with Crippen molar-refractivity contribution in [1.29, 1.82) is 0 Å². The van der Waals surface area contributed by atoms with Crippen molar-refractivity contribution in [1.82, 2.24) is 9.97 Å². The van der Waals surface area contributed by atoms with E-state index < -0.39 is 0 Å². The number of pyridine rings is 2. The number of carbonyl (C=O) groups excluding carboxylic acids is 1. The van der Waals surface area contributed by atoms with Crippen LogP contribution in [0.2, 0.25) is 0 Å². The van der Waals surface area contributed by atoms with E-state index in [0.29, 0.717) is 24.6 Å². The molecule has 3 rings (SSSR count). The predicted molar refractivity (Wildman–Crippen MR) is 93.7 cm³/mol.